The van der Waals surface area contributed by atoms with Crippen LogP contribution in [-0.4, -0.2) is 52.1 Å². The minimum absolute atomic E-state index is 0.121. The summed E-state index contributed by atoms with van der Waals surface area (Å²) in [5.41, 5.74) is 9.03. The van der Waals surface area contributed by atoms with E-state index < -0.39 is 5.97 Å². The molecule has 33 heavy (non-hydrogen) atoms. The van der Waals surface area contributed by atoms with Gasteiger partial charge in [0.25, 0.3) is 0 Å². The molecule has 0 radical (unpaired) electrons. The third-order valence-corrected chi connectivity index (χ3v) is 7.06. The molecule has 1 aliphatic heterocycles. The summed E-state index contributed by atoms with van der Waals surface area (Å²) < 4.78 is 4.78. The number of methoxy groups -OCH3 is 1. The number of esters is 1. The number of aromatic amines is 1. The van der Waals surface area contributed by atoms with Gasteiger partial charge in [0.15, 0.2) is 5.16 Å². The summed E-state index contributed by atoms with van der Waals surface area (Å²) in [5, 5.41) is 3.00. The number of carbonyl (C=O) groups excluding carboxylic acids is 1. The van der Waals surface area contributed by atoms with Gasteiger partial charge in [0.1, 0.15) is 11.5 Å². The summed E-state index contributed by atoms with van der Waals surface area (Å²) in [7, 11) is 1.36. The number of nitrogens with two attached hydrogens (primary N) is 1. The number of hydrogen-bond acceptors (Lipinski definition) is 8. The van der Waals surface area contributed by atoms with Gasteiger partial charge in [-0.25, -0.2) is 14.8 Å². The van der Waals surface area contributed by atoms with Crippen molar-refractivity contribution in [1.29, 1.82) is 0 Å². The second kappa shape index (κ2) is 8.81. The van der Waals surface area contributed by atoms with Gasteiger partial charge in [-0.1, -0.05) is 24.6 Å². The number of H-pyrrole nitrogens is 1. The van der Waals surface area contributed by atoms with Crippen molar-refractivity contribution in [2.24, 2.45) is 5.73 Å². The molecule has 4 heterocycles. The smallest absolute Gasteiger partial charge is 0.339 e. The number of fused-ring (bicyclic) bond motifs is 2. The number of nitrogens with one attached hydrogen (secondary N) is 1. The molecule has 1 saturated heterocycles. The summed E-state index contributed by atoms with van der Waals surface area (Å²) in [6.45, 7) is 3.63. The van der Waals surface area contributed by atoms with E-state index in [9.17, 15) is 4.79 Å². The van der Waals surface area contributed by atoms with Gasteiger partial charge < -0.3 is 20.4 Å². The maximum absolute atomic E-state index is 11.8. The van der Waals surface area contributed by atoms with Crippen molar-refractivity contribution in [3.63, 3.8) is 0 Å². The van der Waals surface area contributed by atoms with Crippen LogP contribution >= 0.6 is 23.4 Å². The highest BCUT2D eigenvalue weighted by molar-refractivity contribution is 7.99. The zero-order valence-corrected chi connectivity index (χ0v) is 19.8. The number of hydrogen-bond donors (Lipinski definition) is 2. The van der Waals surface area contributed by atoms with Gasteiger partial charge in [0, 0.05) is 41.3 Å². The van der Waals surface area contributed by atoms with Gasteiger partial charge in [-0.05, 0) is 42.8 Å². The monoisotopic (exact) mass is 482 g/mol. The molecule has 0 aliphatic carbocycles. The molecule has 0 spiro atoms. The van der Waals surface area contributed by atoms with E-state index in [2.05, 4.69) is 21.8 Å². The predicted octanol–water partition coefficient (Wildman–Crippen LogP) is 4.20. The van der Waals surface area contributed by atoms with Crippen molar-refractivity contribution >= 4 is 57.1 Å². The van der Waals surface area contributed by atoms with Crippen LogP contribution in [0, 0.1) is 0 Å². The SMILES string of the molecule is CCc1[nH]c2nc(Sc3ccc4cc(C(=O)OC)cnc4c3)nc(N3CC[C@@H](N)C3)c2c1Cl. The van der Waals surface area contributed by atoms with Crippen molar-refractivity contribution in [3.8, 4) is 0 Å². The maximum Gasteiger partial charge on any atom is 0.339 e. The number of pyridine rings is 1. The zero-order valence-electron chi connectivity index (χ0n) is 18.3. The van der Waals surface area contributed by atoms with Crippen LogP contribution in [0.1, 0.15) is 29.4 Å². The normalized spacial score (nSPS) is 16.1. The third-order valence-electron chi connectivity index (χ3n) is 5.79. The molecule has 0 amide bonds. The van der Waals surface area contributed by atoms with Crippen LogP contribution in [0.2, 0.25) is 5.02 Å². The van der Waals surface area contributed by atoms with E-state index in [1.807, 2.05) is 18.2 Å². The van der Waals surface area contributed by atoms with Crippen LogP contribution in [0.4, 0.5) is 5.82 Å². The Kier molecular flexibility index (Phi) is 5.86. The molecule has 1 aliphatic rings. The van der Waals surface area contributed by atoms with Crippen molar-refractivity contribution in [1.82, 2.24) is 19.9 Å². The van der Waals surface area contributed by atoms with Crippen LogP contribution in [0.15, 0.2) is 40.5 Å². The summed E-state index contributed by atoms with van der Waals surface area (Å²) in [6, 6.07) is 7.74. The number of halogens is 1. The highest BCUT2D eigenvalue weighted by atomic mass is 35.5. The fraction of sp³-hybridized carbons (Fsp3) is 0.304. The van der Waals surface area contributed by atoms with E-state index in [1.165, 1.54) is 25.1 Å². The van der Waals surface area contributed by atoms with Gasteiger partial charge in [-0.15, -0.1) is 0 Å². The molecule has 170 valence electrons. The Balaban J connectivity index is 1.53. The number of rotatable bonds is 5. The summed E-state index contributed by atoms with van der Waals surface area (Å²) >= 11 is 8.14. The Hall–Kier alpha value is -2.88. The van der Waals surface area contributed by atoms with E-state index in [4.69, 9.17) is 32.0 Å². The van der Waals surface area contributed by atoms with Crippen molar-refractivity contribution in [2.45, 2.75) is 35.9 Å². The van der Waals surface area contributed by atoms with E-state index in [1.54, 1.807) is 6.07 Å². The van der Waals surface area contributed by atoms with Crippen molar-refractivity contribution < 1.29 is 9.53 Å². The first-order chi connectivity index (χ1) is 16.0. The summed E-state index contributed by atoms with van der Waals surface area (Å²) in [4.78, 5) is 32.3. The number of carbonyl (C=O) groups is 1. The number of nitrogens with zero attached hydrogens (tertiary/aromatic N) is 4. The molecule has 1 aromatic carbocycles. The van der Waals surface area contributed by atoms with Crippen LogP contribution in [0.5, 0.6) is 0 Å². The molecular weight excluding hydrogens is 460 g/mol. The molecule has 8 nitrogen and oxygen atoms in total. The first-order valence-electron chi connectivity index (χ1n) is 10.7. The molecule has 4 aromatic rings. The first kappa shape index (κ1) is 21.9. The lowest BCUT2D eigenvalue weighted by Crippen LogP contribution is -2.27. The van der Waals surface area contributed by atoms with Gasteiger partial charge in [0.05, 0.1) is 28.6 Å². The average Bonchev–Trinajstić information content (AvgIpc) is 3.40. The number of benzene rings is 1. The molecule has 3 N–H and O–H groups in total. The molecule has 5 rings (SSSR count). The van der Waals surface area contributed by atoms with E-state index in [0.29, 0.717) is 15.7 Å². The molecule has 1 fully saturated rings. The lowest BCUT2D eigenvalue weighted by atomic mass is 10.1. The first-order valence-corrected chi connectivity index (χ1v) is 11.9. The Morgan fingerprint density at radius 1 is 1.36 bits per heavy atom. The highest BCUT2D eigenvalue weighted by Crippen LogP contribution is 2.37. The van der Waals surface area contributed by atoms with Crippen molar-refractivity contribution in [2.75, 3.05) is 25.1 Å². The van der Waals surface area contributed by atoms with Crippen LogP contribution in [-0.2, 0) is 11.2 Å². The molecule has 0 bridgehead atoms. The molecule has 0 saturated carbocycles. The Bertz CT molecular complexity index is 1370. The van der Waals surface area contributed by atoms with Crippen molar-refractivity contribution in [3.05, 3.63) is 46.7 Å². The number of aryl methyl sites for hydroxylation is 1. The van der Waals surface area contributed by atoms with Crippen LogP contribution in [0.3, 0.4) is 0 Å². The Morgan fingerprint density at radius 3 is 2.94 bits per heavy atom. The van der Waals surface area contributed by atoms with Gasteiger partial charge in [-0.3, -0.25) is 4.98 Å². The van der Waals surface area contributed by atoms with Gasteiger partial charge in [-0.2, -0.15) is 0 Å². The summed E-state index contributed by atoms with van der Waals surface area (Å²) in [5.74, 6) is 0.410. The minimum Gasteiger partial charge on any atom is -0.465 e. The van der Waals surface area contributed by atoms with E-state index >= 15 is 0 Å². The molecular formula is C23H23ClN6O2S. The molecule has 0 unspecified atom stereocenters. The lowest BCUT2D eigenvalue weighted by Gasteiger charge is -2.18. The number of anilines is 1. The molecule has 1 atom stereocenters. The number of aromatic nitrogens is 4. The second-order valence-electron chi connectivity index (χ2n) is 7.99. The standard InChI is InChI=1S/C23H23ClN6O2S/c1-3-16-19(24)18-20(27-16)28-23(29-21(18)30-7-6-14(25)11-30)33-15-5-4-12-8-13(22(31)32-2)10-26-17(12)9-15/h4-5,8-10,14H,3,6-7,11,25H2,1-2H3,(H,27,28,29)/t14-/m1/s1. The second-order valence-corrected chi connectivity index (χ2v) is 9.41. The zero-order chi connectivity index (χ0) is 23.1. The highest BCUT2D eigenvalue weighted by Gasteiger charge is 2.26. The van der Waals surface area contributed by atoms with E-state index in [0.717, 1.165) is 64.3 Å². The van der Waals surface area contributed by atoms with Gasteiger partial charge >= 0.3 is 5.97 Å². The molecule has 10 heteroatoms. The van der Waals surface area contributed by atoms with Gasteiger partial charge in [0.2, 0.25) is 0 Å². The fourth-order valence-electron chi connectivity index (χ4n) is 4.07. The number of ether oxygens (including phenoxy) is 1. The minimum atomic E-state index is -0.408. The van der Waals surface area contributed by atoms with Crippen LogP contribution in [0.25, 0.3) is 21.9 Å². The molecule has 3 aromatic heterocycles. The largest absolute Gasteiger partial charge is 0.465 e. The predicted molar refractivity (Wildman–Crippen MR) is 130 cm³/mol. The average molecular weight is 483 g/mol. The third kappa shape index (κ3) is 4.12. The van der Waals surface area contributed by atoms with E-state index in [-0.39, 0.29) is 6.04 Å². The fourth-order valence-corrected chi connectivity index (χ4v) is 5.21. The Labute approximate surface area is 199 Å². The lowest BCUT2D eigenvalue weighted by molar-refractivity contribution is 0.0600. The summed E-state index contributed by atoms with van der Waals surface area (Å²) in [6.07, 6.45) is 3.22. The Morgan fingerprint density at radius 2 is 2.21 bits per heavy atom. The topological polar surface area (TPSA) is 110 Å². The van der Waals surface area contributed by atoms with Crippen LogP contribution < -0.4 is 10.6 Å². The maximum atomic E-state index is 11.8. The quantitative estimate of drug-likeness (QED) is 0.321.